The van der Waals surface area contributed by atoms with Gasteiger partial charge in [0, 0.05) is 24.4 Å². The van der Waals surface area contributed by atoms with Gasteiger partial charge in [0.15, 0.2) is 0 Å². The second kappa shape index (κ2) is 5.83. The van der Waals surface area contributed by atoms with Crippen LogP contribution in [0.15, 0.2) is 24.3 Å². The van der Waals surface area contributed by atoms with Crippen LogP contribution >= 0.6 is 0 Å². The number of sulfone groups is 1. The number of fused-ring (bicyclic) bond motifs is 1. The van der Waals surface area contributed by atoms with E-state index in [0.717, 1.165) is 11.3 Å². The van der Waals surface area contributed by atoms with Gasteiger partial charge in [-0.2, -0.15) is 0 Å². The first kappa shape index (κ1) is 14.8. The zero-order chi connectivity index (χ0) is 14.8. The van der Waals surface area contributed by atoms with E-state index in [1.807, 2.05) is 29.2 Å². The highest BCUT2D eigenvalue weighted by Gasteiger charge is 2.33. The van der Waals surface area contributed by atoms with E-state index in [1.165, 1.54) is 0 Å². The van der Waals surface area contributed by atoms with Crippen molar-refractivity contribution in [3.63, 3.8) is 0 Å². The topological polar surface area (TPSA) is 74.7 Å². The van der Waals surface area contributed by atoms with Gasteiger partial charge in [-0.05, 0) is 18.1 Å². The number of nitrogens with zero attached hydrogens (tertiary/aromatic N) is 1. The van der Waals surface area contributed by atoms with Crippen LogP contribution in [0.1, 0.15) is 18.9 Å². The van der Waals surface area contributed by atoms with Crippen LogP contribution in [0.2, 0.25) is 0 Å². The molecule has 20 heavy (non-hydrogen) atoms. The summed E-state index contributed by atoms with van der Waals surface area (Å²) in [6, 6.07) is 7.00. The fourth-order valence-electron chi connectivity index (χ4n) is 2.55. The second-order valence-corrected chi connectivity index (χ2v) is 7.44. The Balaban J connectivity index is 2.09. The zero-order valence-electron chi connectivity index (χ0n) is 11.4. The van der Waals surface area contributed by atoms with Gasteiger partial charge >= 0.3 is 5.97 Å². The molecule has 1 heterocycles. The summed E-state index contributed by atoms with van der Waals surface area (Å²) < 4.78 is 23.0. The molecule has 0 aromatic heterocycles. The van der Waals surface area contributed by atoms with E-state index in [2.05, 4.69) is 0 Å². The Bertz CT molecular complexity index is 597. The molecule has 0 saturated carbocycles. The number of rotatable bonds is 6. The molecule has 0 fully saturated rings. The minimum Gasteiger partial charge on any atom is -0.480 e. The van der Waals surface area contributed by atoms with Crippen LogP contribution in [0.3, 0.4) is 0 Å². The number of carboxylic acids is 1. The summed E-state index contributed by atoms with van der Waals surface area (Å²) in [5.41, 5.74) is 1.92. The molecular formula is C14H19NO4S. The number of hydrogen-bond acceptors (Lipinski definition) is 4. The van der Waals surface area contributed by atoms with Gasteiger partial charge in [-0.15, -0.1) is 0 Å². The van der Waals surface area contributed by atoms with E-state index in [1.54, 1.807) is 6.92 Å². The summed E-state index contributed by atoms with van der Waals surface area (Å²) in [5, 5.41) is 9.30. The summed E-state index contributed by atoms with van der Waals surface area (Å²) in [6.45, 7) is 2.08. The van der Waals surface area contributed by atoms with Crippen molar-refractivity contribution >= 4 is 21.5 Å². The lowest BCUT2D eigenvalue weighted by Gasteiger charge is -2.24. The lowest BCUT2D eigenvalue weighted by atomic mass is 10.1. The van der Waals surface area contributed by atoms with Gasteiger partial charge in [0.25, 0.3) is 0 Å². The Morgan fingerprint density at radius 2 is 2.10 bits per heavy atom. The molecule has 0 radical (unpaired) electrons. The predicted molar refractivity (Wildman–Crippen MR) is 77.9 cm³/mol. The minimum absolute atomic E-state index is 0.106. The third-order valence-corrected chi connectivity index (χ3v) is 5.46. The monoisotopic (exact) mass is 297 g/mol. The third kappa shape index (κ3) is 3.12. The molecular weight excluding hydrogens is 278 g/mol. The largest absolute Gasteiger partial charge is 0.480 e. The first-order chi connectivity index (χ1) is 9.44. The lowest BCUT2D eigenvalue weighted by molar-refractivity contribution is -0.138. The van der Waals surface area contributed by atoms with E-state index >= 15 is 0 Å². The Morgan fingerprint density at radius 1 is 1.40 bits per heavy atom. The zero-order valence-corrected chi connectivity index (χ0v) is 12.3. The van der Waals surface area contributed by atoms with Crippen molar-refractivity contribution in [1.82, 2.24) is 0 Å². The molecule has 0 bridgehead atoms. The number of aliphatic carboxylic acids is 1. The van der Waals surface area contributed by atoms with Crippen molar-refractivity contribution in [3.05, 3.63) is 29.8 Å². The molecule has 1 aromatic carbocycles. The molecule has 1 aliphatic heterocycles. The first-order valence-corrected chi connectivity index (χ1v) is 8.54. The average molecular weight is 297 g/mol. The summed E-state index contributed by atoms with van der Waals surface area (Å²) in [5.74, 6) is -0.625. The van der Waals surface area contributed by atoms with Crippen LogP contribution < -0.4 is 4.90 Å². The quantitative estimate of drug-likeness (QED) is 0.857. The number of para-hydroxylation sites is 1. The van der Waals surface area contributed by atoms with Crippen LogP contribution in [-0.4, -0.2) is 43.6 Å². The van der Waals surface area contributed by atoms with Crippen LogP contribution in [0.5, 0.6) is 0 Å². The average Bonchev–Trinajstić information content (AvgIpc) is 2.78. The summed E-state index contributed by atoms with van der Waals surface area (Å²) >= 11 is 0. The van der Waals surface area contributed by atoms with Crippen molar-refractivity contribution in [3.8, 4) is 0 Å². The van der Waals surface area contributed by atoms with Gasteiger partial charge in [0.05, 0.1) is 5.75 Å². The number of benzene rings is 1. The van der Waals surface area contributed by atoms with E-state index in [4.69, 9.17) is 0 Å². The first-order valence-electron chi connectivity index (χ1n) is 6.72. The van der Waals surface area contributed by atoms with Crippen LogP contribution in [0, 0.1) is 0 Å². The van der Waals surface area contributed by atoms with Gasteiger partial charge in [0.1, 0.15) is 15.9 Å². The molecule has 1 aliphatic rings. The fraction of sp³-hybridized carbons (Fsp3) is 0.500. The molecule has 0 amide bonds. The highest BCUT2D eigenvalue weighted by atomic mass is 32.2. The molecule has 1 N–H and O–H groups in total. The van der Waals surface area contributed by atoms with E-state index in [9.17, 15) is 18.3 Å². The molecule has 1 unspecified atom stereocenters. The maximum absolute atomic E-state index is 11.5. The highest BCUT2D eigenvalue weighted by molar-refractivity contribution is 7.91. The minimum atomic E-state index is -3.00. The SMILES string of the molecule is CCS(=O)(=O)CCCN1c2ccccc2CC1C(=O)O. The standard InChI is InChI=1S/C14H19NO4S/c1-2-20(18,19)9-5-8-15-12-7-4-3-6-11(12)10-13(15)14(16)17/h3-4,6-7,13H,2,5,8-10H2,1H3,(H,16,17). The summed E-state index contributed by atoms with van der Waals surface area (Å²) in [7, 11) is -3.00. The van der Waals surface area contributed by atoms with Crippen molar-refractivity contribution in [2.75, 3.05) is 23.0 Å². The van der Waals surface area contributed by atoms with Crippen molar-refractivity contribution in [2.45, 2.75) is 25.8 Å². The van der Waals surface area contributed by atoms with Crippen molar-refractivity contribution in [1.29, 1.82) is 0 Å². The fourth-order valence-corrected chi connectivity index (χ4v) is 3.40. The van der Waals surface area contributed by atoms with E-state index < -0.39 is 21.8 Å². The normalized spacial score (nSPS) is 18.1. The molecule has 1 atom stereocenters. The molecule has 0 saturated heterocycles. The maximum atomic E-state index is 11.5. The summed E-state index contributed by atoms with van der Waals surface area (Å²) in [6.07, 6.45) is 0.931. The van der Waals surface area contributed by atoms with Crippen molar-refractivity contribution < 1.29 is 18.3 Å². The van der Waals surface area contributed by atoms with Crippen LogP contribution in [0.25, 0.3) is 0 Å². The molecule has 0 aliphatic carbocycles. The van der Waals surface area contributed by atoms with Crippen molar-refractivity contribution in [2.24, 2.45) is 0 Å². The third-order valence-electron chi connectivity index (χ3n) is 3.67. The number of carboxylic acid groups (broad SMARTS) is 1. The van der Waals surface area contributed by atoms with Crippen LogP contribution in [0.4, 0.5) is 5.69 Å². The molecule has 2 rings (SSSR count). The Labute approximate surface area is 119 Å². The highest BCUT2D eigenvalue weighted by Crippen LogP contribution is 2.32. The Morgan fingerprint density at radius 3 is 2.75 bits per heavy atom. The van der Waals surface area contributed by atoms with Crippen LogP contribution in [-0.2, 0) is 21.1 Å². The molecule has 110 valence electrons. The molecule has 6 heteroatoms. The molecule has 0 spiro atoms. The molecule has 1 aromatic rings. The van der Waals surface area contributed by atoms with Gasteiger partial charge in [-0.1, -0.05) is 25.1 Å². The Kier molecular flexibility index (Phi) is 4.32. The van der Waals surface area contributed by atoms with E-state index in [0.29, 0.717) is 19.4 Å². The van der Waals surface area contributed by atoms with Gasteiger partial charge in [0.2, 0.25) is 0 Å². The second-order valence-electron chi connectivity index (χ2n) is 4.97. The van der Waals surface area contributed by atoms with Gasteiger partial charge in [-0.3, -0.25) is 0 Å². The number of carbonyl (C=O) groups is 1. The number of anilines is 1. The molecule has 5 nitrogen and oxygen atoms in total. The smallest absolute Gasteiger partial charge is 0.326 e. The number of hydrogen-bond donors (Lipinski definition) is 1. The predicted octanol–water partition coefficient (Wildman–Crippen LogP) is 1.33. The van der Waals surface area contributed by atoms with Gasteiger partial charge < -0.3 is 10.0 Å². The van der Waals surface area contributed by atoms with E-state index in [-0.39, 0.29) is 11.5 Å². The maximum Gasteiger partial charge on any atom is 0.326 e. The van der Waals surface area contributed by atoms with Gasteiger partial charge in [-0.25, -0.2) is 13.2 Å². The lowest BCUT2D eigenvalue weighted by Crippen LogP contribution is -2.39. The summed E-state index contributed by atoms with van der Waals surface area (Å²) in [4.78, 5) is 13.1. The Hall–Kier alpha value is -1.56.